The molecule has 3 rings (SSSR count). The highest BCUT2D eigenvalue weighted by Crippen LogP contribution is 2.54. The Kier molecular flexibility index (Phi) is 3.83. The maximum atomic E-state index is 13.4. The molecule has 1 fully saturated rings. The molecule has 2 aromatic rings. The van der Waals surface area contributed by atoms with E-state index in [1.165, 1.54) is 12.1 Å². The number of halogens is 1. The van der Waals surface area contributed by atoms with Gasteiger partial charge in [0.1, 0.15) is 11.6 Å². The van der Waals surface area contributed by atoms with Crippen LogP contribution in [-0.2, 0) is 5.41 Å². The first-order valence-corrected chi connectivity index (χ1v) is 7.35. The SMILES string of the molecule is Cc1ncc(OC[C@@H]2C[C@@]2(CO)c2cccc(F)c2)c(C)n1. The molecule has 0 amide bonds. The number of benzene rings is 1. The summed E-state index contributed by atoms with van der Waals surface area (Å²) in [5.74, 6) is 1.25. The number of aromatic nitrogens is 2. The van der Waals surface area contributed by atoms with Crippen molar-refractivity contribution in [2.24, 2.45) is 5.92 Å². The quantitative estimate of drug-likeness (QED) is 0.922. The van der Waals surface area contributed by atoms with Gasteiger partial charge < -0.3 is 9.84 Å². The minimum Gasteiger partial charge on any atom is -0.490 e. The van der Waals surface area contributed by atoms with Crippen molar-refractivity contribution < 1.29 is 14.2 Å². The van der Waals surface area contributed by atoms with Gasteiger partial charge in [-0.05, 0) is 38.0 Å². The lowest BCUT2D eigenvalue weighted by atomic mass is 9.94. The number of nitrogens with zero attached hydrogens (tertiary/aromatic N) is 2. The zero-order valence-electron chi connectivity index (χ0n) is 12.7. The van der Waals surface area contributed by atoms with E-state index < -0.39 is 0 Å². The molecular weight excluding hydrogens is 283 g/mol. The molecule has 4 nitrogen and oxygen atoms in total. The zero-order chi connectivity index (χ0) is 15.7. The van der Waals surface area contributed by atoms with Crippen LogP contribution in [0.3, 0.4) is 0 Å². The largest absolute Gasteiger partial charge is 0.490 e. The Morgan fingerprint density at radius 2 is 2.23 bits per heavy atom. The minimum absolute atomic E-state index is 0.00609. The molecule has 0 saturated heterocycles. The molecule has 0 spiro atoms. The Morgan fingerprint density at radius 3 is 2.91 bits per heavy atom. The Morgan fingerprint density at radius 1 is 1.41 bits per heavy atom. The van der Waals surface area contributed by atoms with E-state index in [4.69, 9.17) is 4.74 Å². The molecule has 1 aliphatic rings. The Bertz CT molecular complexity index is 692. The molecule has 1 aromatic carbocycles. The van der Waals surface area contributed by atoms with Gasteiger partial charge in [0, 0.05) is 11.3 Å². The highest BCUT2D eigenvalue weighted by Gasteiger charge is 2.55. The number of hydrogen-bond acceptors (Lipinski definition) is 4. The van der Waals surface area contributed by atoms with E-state index in [2.05, 4.69) is 9.97 Å². The van der Waals surface area contributed by atoms with Gasteiger partial charge in [0.25, 0.3) is 0 Å². The summed E-state index contributed by atoms with van der Waals surface area (Å²) >= 11 is 0. The average Bonchev–Trinajstić information content (AvgIpc) is 3.21. The lowest BCUT2D eigenvalue weighted by Gasteiger charge is -2.16. The summed E-state index contributed by atoms with van der Waals surface area (Å²) in [6.07, 6.45) is 2.46. The lowest BCUT2D eigenvalue weighted by Crippen LogP contribution is -2.19. The molecule has 1 N–H and O–H groups in total. The molecule has 2 atom stereocenters. The fourth-order valence-corrected chi connectivity index (χ4v) is 2.94. The van der Waals surface area contributed by atoms with Crippen LogP contribution < -0.4 is 4.74 Å². The Balaban J connectivity index is 1.70. The van der Waals surface area contributed by atoms with Crippen LogP contribution in [0.5, 0.6) is 5.75 Å². The molecule has 1 aromatic heterocycles. The van der Waals surface area contributed by atoms with Crippen molar-refractivity contribution in [2.75, 3.05) is 13.2 Å². The molecule has 0 unspecified atom stereocenters. The normalized spacial score (nSPS) is 23.4. The van der Waals surface area contributed by atoms with Crippen molar-refractivity contribution >= 4 is 0 Å². The van der Waals surface area contributed by atoms with Gasteiger partial charge in [0.2, 0.25) is 0 Å². The van der Waals surface area contributed by atoms with Crippen LogP contribution in [-0.4, -0.2) is 28.3 Å². The number of rotatable bonds is 5. The maximum Gasteiger partial charge on any atom is 0.158 e. The van der Waals surface area contributed by atoms with Gasteiger partial charge in [-0.1, -0.05) is 12.1 Å². The first kappa shape index (κ1) is 14.9. The van der Waals surface area contributed by atoms with Crippen LogP contribution in [0.25, 0.3) is 0 Å². The fourth-order valence-electron chi connectivity index (χ4n) is 2.94. The van der Waals surface area contributed by atoms with E-state index in [9.17, 15) is 9.50 Å². The van der Waals surface area contributed by atoms with Crippen LogP contribution in [0.15, 0.2) is 30.5 Å². The summed E-state index contributed by atoms with van der Waals surface area (Å²) in [5, 5.41) is 9.76. The van der Waals surface area contributed by atoms with Gasteiger partial charge in [-0.15, -0.1) is 0 Å². The maximum absolute atomic E-state index is 13.4. The number of aliphatic hydroxyl groups is 1. The predicted octanol–water partition coefficient (Wildman–Crippen LogP) is 2.56. The van der Waals surface area contributed by atoms with E-state index in [-0.39, 0.29) is 23.8 Å². The van der Waals surface area contributed by atoms with Crippen molar-refractivity contribution in [2.45, 2.75) is 25.7 Å². The van der Waals surface area contributed by atoms with Crippen LogP contribution >= 0.6 is 0 Å². The summed E-state index contributed by atoms with van der Waals surface area (Å²) in [7, 11) is 0. The first-order chi connectivity index (χ1) is 10.5. The number of ether oxygens (including phenoxy) is 1. The van der Waals surface area contributed by atoms with Crippen LogP contribution in [0.1, 0.15) is 23.5 Å². The van der Waals surface area contributed by atoms with Gasteiger partial charge in [-0.25, -0.2) is 14.4 Å². The predicted molar refractivity (Wildman–Crippen MR) is 80.3 cm³/mol. The molecule has 5 heteroatoms. The number of aryl methyl sites for hydroxylation is 2. The van der Waals surface area contributed by atoms with Crippen LogP contribution in [0.4, 0.5) is 4.39 Å². The van der Waals surface area contributed by atoms with Gasteiger partial charge in [-0.2, -0.15) is 0 Å². The van der Waals surface area contributed by atoms with Crippen molar-refractivity contribution in [3.8, 4) is 5.75 Å². The van der Waals surface area contributed by atoms with Crippen LogP contribution in [0.2, 0.25) is 0 Å². The first-order valence-electron chi connectivity index (χ1n) is 7.35. The van der Waals surface area contributed by atoms with Gasteiger partial charge in [0.15, 0.2) is 5.75 Å². The molecular formula is C17H19FN2O2. The van der Waals surface area contributed by atoms with Gasteiger partial charge >= 0.3 is 0 Å². The third-order valence-corrected chi connectivity index (χ3v) is 4.41. The molecule has 116 valence electrons. The Hall–Kier alpha value is -2.01. The third kappa shape index (κ3) is 2.68. The molecule has 1 heterocycles. The van der Waals surface area contributed by atoms with E-state index in [0.29, 0.717) is 18.2 Å². The highest BCUT2D eigenvalue weighted by molar-refractivity contribution is 5.35. The standard InChI is InChI=1S/C17H19FN2O2/c1-11-16(8-19-12(2)20-11)22-9-14-7-17(14,10-21)13-4-3-5-15(18)6-13/h3-6,8,14,21H,7,9-10H2,1-2H3/t14-,17+/m0/s1. The molecule has 0 aliphatic heterocycles. The summed E-state index contributed by atoms with van der Waals surface area (Å²) in [6.45, 7) is 4.17. The lowest BCUT2D eigenvalue weighted by molar-refractivity contribution is 0.220. The molecule has 0 radical (unpaired) electrons. The number of aliphatic hydroxyl groups excluding tert-OH is 1. The van der Waals surface area contributed by atoms with Crippen molar-refractivity contribution in [3.63, 3.8) is 0 Å². The second-order valence-electron chi connectivity index (χ2n) is 5.90. The topological polar surface area (TPSA) is 55.2 Å². The smallest absolute Gasteiger partial charge is 0.158 e. The zero-order valence-corrected chi connectivity index (χ0v) is 12.7. The fraction of sp³-hybridized carbons (Fsp3) is 0.412. The third-order valence-electron chi connectivity index (χ3n) is 4.41. The number of hydrogen-bond donors (Lipinski definition) is 1. The molecule has 1 saturated carbocycles. The minimum atomic E-state index is -0.387. The molecule has 0 bridgehead atoms. The summed E-state index contributed by atoms with van der Waals surface area (Å²) < 4.78 is 19.2. The van der Waals surface area contributed by atoms with E-state index >= 15 is 0 Å². The highest BCUT2D eigenvalue weighted by atomic mass is 19.1. The van der Waals surface area contributed by atoms with Crippen molar-refractivity contribution in [1.29, 1.82) is 0 Å². The van der Waals surface area contributed by atoms with Crippen molar-refractivity contribution in [1.82, 2.24) is 9.97 Å². The average molecular weight is 302 g/mol. The monoisotopic (exact) mass is 302 g/mol. The van der Waals surface area contributed by atoms with E-state index in [1.807, 2.05) is 19.9 Å². The van der Waals surface area contributed by atoms with Crippen LogP contribution in [0, 0.1) is 25.6 Å². The Labute approximate surface area is 129 Å². The van der Waals surface area contributed by atoms with E-state index in [1.54, 1.807) is 12.3 Å². The second kappa shape index (κ2) is 5.65. The molecule has 22 heavy (non-hydrogen) atoms. The summed E-state index contributed by atoms with van der Waals surface area (Å²) in [4.78, 5) is 8.39. The van der Waals surface area contributed by atoms with Gasteiger partial charge in [-0.3, -0.25) is 0 Å². The second-order valence-corrected chi connectivity index (χ2v) is 5.90. The van der Waals surface area contributed by atoms with Crippen molar-refractivity contribution in [3.05, 3.63) is 53.4 Å². The summed E-state index contributed by atoms with van der Waals surface area (Å²) in [5.41, 5.74) is 1.25. The van der Waals surface area contributed by atoms with Gasteiger partial charge in [0.05, 0.1) is 25.1 Å². The molecule has 1 aliphatic carbocycles. The van der Waals surface area contributed by atoms with E-state index in [0.717, 1.165) is 17.7 Å². The summed E-state index contributed by atoms with van der Waals surface area (Å²) in [6, 6.07) is 6.45.